The molecule has 0 aliphatic carbocycles. The third-order valence-corrected chi connectivity index (χ3v) is 11.9. The number of para-hydroxylation sites is 1. The Morgan fingerprint density at radius 3 is 2.65 bits per heavy atom. The van der Waals surface area contributed by atoms with Crippen LogP contribution in [0.3, 0.4) is 0 Å². The van der Waals surface area contributed by atoms with Crippen molar-refractivity contribution in [1.29, 1.82) is 0 Å². The van der Waals surface area contributed by atoms with Crippen molar-refractivity contribution in [3.63, 3.8) is 0 Å². The van der Waals surface area contributed by atoms with Crippen LogP contribution in [-0.4, -0.2) is 83.5 Å². The number of likely N-dealkylation sites (tertiary alicyclic amines) is 1. The van der Waals surface area contributed by atoms with Gasteiger partial charge in [-0.3, -0.25) is 14.4 Å². The van der Waals surface area contributed by atoms with Gasteiger partial charge in [0.15, 0.2) is 0 Å². The number of amides is 2. The predicted molar refractivity (Wildman–Crippen MR) is 176 cm³/mol. The van der Waals surface area contributed by atoms with E-state index in [9.17, 15) is 14.7 Å². The highest BCUT2D eigenvalue weighted by molar-refractivity contribution is 8.02. The maximum absolute atomic E-state index is 15.0. The first-order valence-electron chi connectivity index (χ1n) is 16.0. The Kier molecular flexibility index (Phi) is 9.33. The average Bonchev–Trinajstić information content (AvgIpc) is 3.79. The summed E-state index contributed by atoms with van der Waals surface area (Å²) in [4.78, 5) is 46.7. The summed E-state index contributed by atoms with van der Waals surface area (Å²) in [6, 6.07) is 15.1. The number of unbranched alkanes of at least 4 members (excludes halogenated alkanes) is 2. The Labute approximate surface area is 273 Å². The molecular formula is C35H41N5O5S. The summed E-state index contributed by atoms with van der Waals surface area (Å²) in [7, 11) is 0. The maximum atomic E-state index is 15.0. The van der Waals surface area contributed by atoms with E-state index in [-0.39, 0.29) is 55.4 Å². The van der Waals surface area contributed by atoms with Crippen LogP contribution in [0.5, 0.6) is 0 Å². The summed E-state index contributed by atoms with van der Waals surface area (Å²) in [5, 5.41) is 19.3. The molecule has 3 unspecified atom stereocenters. The minimum atomic E-state index is -0.938. The number of hydrogen-bond acceptors (Lipinski definition) is 8. The number of carbonyl (C=O) groups excluding carboxylic acids is 3. The number of nitrogens with zero attached hydrogens (tertiary/aromatic N) is 5. The highest BCUT2D eigenvalue weighted by atomic mass is 32.2. The van der Waals surface area contributed by atoms with Crippen LogP contribution >= 0.6 is 11.8 Å². The summed E-state index contributed by atoms with van der Waals surface area (Å²) < 4.78 is 6.57. The molecule has 1 N–H and O–H groups in total. The van der Waals surface area contributed by atoms with Gasteiger partial charge in [0.1, 0.15) is 18.2 Å². The number of esters is 1. The van der Waals surface area contributed by atoms with Gasteiger partial charge in [0.2, 0.25) is 11.8 Å². The van der Waals surface area contributed by atoms with Gasteiger partial charge in [0, 0.05) is 11.8 Å². The third kappa shape index (κ3) is 5.33. The molecule has 46 heavy (non-hydrogen) atoms. The van der Waals surface area contributed by atoms with Crippen molar-refractivity contribution in [3.05, 3.63) is 85.5 Å². The fourth-order valence-electron chi connectivity index (χ4n) is 7.76. The fourth-order valence-corrected chi connectivity index (χ4v) is 10.2. The van der Waals surface area contributed by atoms with Crippen LogP contribution in [0, 0.1) is 17.8 Å². The normalized spacial score (nSPS) is 27.0. The lowest BCUT2D eigenvalue weighted by Crippen LogP contribution is -2.58. The topological polar surface area (TPSA) is 118 Å². The van der Waals surface area contributed by atoms with Gasteiger partial charge in [-0.1, -0.05) is 66.8 Å². The van der Waals surface area contributed by atoms with E-state index in [2.05, 4.69) is 30.4 Å². The number of aliphatic hydroxyl groups excluding tert-OH is 1. The van der Waals surface area contributed by atoms with E-state index in [1.54, 1.807) is 32.3 Å². The van der Waals surface area contributed by atoms with Crippen molar-refractivity contribution in [2.45, 2.75) is 61.4 Å². The number of aliphatic hydroxyl groups is 1. The molecule has 1 aromatic heterocycles. The van der Waals surface area contributed by atoms with E-state index in [0.717, 1.165) is 23.9 Å². The van der Waals surface area contributed by atoms with Crippen LogP contribution in [0.15, 0.2) is 79.9 Å². The Hall–Kier alpha value is -3.96. The Morgan fingerprint density at radius 2 is 1.91 bits per heavy atom. The molecule has 0 saturated carbocycles. The number of thioether (sulfide) groups is 1. The summed E-state index contributed by atoms with van der Waals surface area (Å²) in [6.45, 7) is 9.94. The minimum absolute atomic E-state index is 0.0417. The molecule has 10 nitrogen and oxygen atoms in total. The number of hydrogen-bond donors (Lipinski definition) is 1. The molecular weight excluding hydrogens is 602 g/mol. The maximum Gasteiger partial charge on any atom is 0.310 e. The van der Waals surface area contributed by atoms with Gasteiger partial charge in [-0.05, 0) is 49.3 Å². The molecule has 0 radical (unpaired) electrons. The first-order chi connectivity index (χ1) is 22.4. The Bertz CT molecular complexity index is 1610. The second kappa shape index (κ2) is 13.4. The molecule has 3 saturated heterocycles. The highest BCUT2D eigenvalue weighted by Gasteiger charge is 2.77. The van der Waals surface area contributed by atoms with Crippen LogP contribution in [0.2, 0.25) is 0 Å². The van der Waals surface area contributed by atoms with E-state index >= 15 is 4.79 Å². The smallest absolute Gasteiger partial charge is 0.310 e. The van der Waals surface area contributed by atoms with Gasteiger partial charge in [-0.15, -0.1) is 30.0 Å². The zero-order valence-electron chi connectivity index (χ0n) is 26.1. The van der Waals surface area contributed by atoms with Crippen molar-refractivity contribution in [3.8, 4) is 0 Å². The zero-order valence-corrected chi connectivity index (χ0v) is 26.9. The predicted octanol–water partition coefficient (Wildman–Crippen LogP) is 4.37. The molecule has 3 fully saturated rings. The van der Waals surface area contributed by atoms with E-state index in [1.807, 2.05) is 60.7 Å². The van der Waals surface area contributed by atoms with E-state index < -0.39 is 28.7 Å². The molecule has 3 aliphatic heterocycles. The minimum Gasteiger partial charge on any atom is -0.465 e. The standard InChI is InChI=1S/C35H41N5O5S/c1-4-6-7-13-19-45-34(44)29-28-20-23(3)35(46-28)30(29)32(42)40(27(21-41)24-14-9-8-10-15-24)31(35)33(43)38(18-5-2)22-39-26-17-12-11-16-25(26)36-37-39/h4-5,8-12,14-17,23,27-31,41H,1-2,6-7,13,18-22H2,3H3/t23?,27-,28+,29-,30+,31?,35?/m1/s1. The van der Waals surface area contributed by atoms with E-state index in [1.165, 1.54) is 0 Å². The lowest BCUT2D eigenvalue weighted by molar-refractivity contribution is -0.155. The second-order valence-corrected chi connectivity index (χ2v) is 14.0. The van der Waals surface area contributed by atoms with E-state index in [4.69, 9.17) is 4.74 Å². The molecule has 3 aromatic rings. The quantitative estimate of drug-likeness (QED) is 0.156. The number of allylic oxidation sites excluding steroid dienone is 1. The number of aromatic nitrogens is 3. The number of carbonyl (C=O) groups is 3. The van der Waals surface area contributed by atoms with Gasteiger partial charge < -0.3 is 19.6 Å². The summed E-state index contributed by atoms with van der Waals surface area (Å²) >= 11 is 1.59. The van der Waals surface area contributed by atoms with Crippen molar-refractivity contribution in [2.75, 3.05) is 19.8 Å². The zero-order chi connectivity index (χ0) is 32.4. The Morgan fingerprint density at radius 1 is 1.15 bits per heavy atom. The molecule has 2 aromatic carbocycles. The van der Waals surface area contributed by atoms with Gasteiger partial charge in [-0.2, -0.15) is 0 Å². The number of fused-ring (bicyclic) bond motifs is 2. The number of ether oxygens (including phenoxy) is 1. The molecule has 242 valence electrons. The van der Waals surface area contributed by atoms with Gasteiger partial charge in [-0.25, -0.2) is 4.68 Å². The van der Waals surface area contributed by atoms with Crippen LogP contribution < -0.4 is 0 Å². The molecule has 2 bridgehead atoms. The lowest BCUT2D eigenvalue weighted by atomic mass is 9.66. The lowest BCUT2D eigenvalue weighted by Gasteiger charge is -2.42. The van der Waals surface area contributed by atoms with Crippen molar-refractivity contribution in [2.24, 2.45) is 17.8 Å². The largest absolute Gasteiger partial charge is 0.465 e. The van der Waals surface area contributed by atoms with Crippen LogP contribution in [0.25, 0.3) is 11.0 Å². The molecule has 11 heteroatoms. The molecule has 4 heterocycles. The molecule has 3 aliphatic rings. The monoisotopic (exact) mass is 643 g/mol. The molecule has 7 atom stereocenters. The molecule has 6 rings (SSSR count). The Balaban J connectivity index is 1.40. The second-order valence-electron chi connectivity index (χ2n) is 12.4. The first kappa shape index (κ1) is 32.0. The van der Waals surface area contributed by atoms with Crippen LogP contribution in [-0.2, 0) is 25.8 Å². The number of benzene rings is 2. The van der Waals surface area contributed by atoms with Crippen molar-refractivity contribution in [1.82, 2.24) is 24.8 Å². The summed E-state index contributed by atoms with van der Waals surface area (Å²) in [6.07, 6.45) is 6.60. The molecule has 2 amide bonds. The third-order valence-electron chi connectivity index (χ3n) is 9.82. The van der Waals surface area contributed by atoms with Crippen LogP contribution in [0.4, 0.5) is 0 Å². The average molecular weight is 644 g/mol. The van der Waals surface area contributed by atoms with Crippen molar-refractivity contribution < 1.29 is 24.2 Å². The van der Waals surface area contributed by atoms with Gasteiger partial charge in [0.05, 0.1) is 41.4 Å². The van der Waals surface area contributed by atoms with Gasteiger partial charge >= 0.3 is 5.97 Å². The fraction of sp³-hybridized carbons (Fsp3) is 0.457. The van der Waals surface area contributed by atoms with Crippen LogP contribution in [0.1, 0.15) is 44.2 Å². The molecule has 1 spiro atoms. The summed E-state index contributed by atoms with van der Waals surface area (Å²) in [5.41, 5.74) is 2.20. The first-order valence-corrected chi connectivity index (χ1v) is 16.9. The van der Waals surface area contributed by atoms with Gasteiger partial charge in [0.25, 0.3) is 0 Å². The van der Waals surface area contributed by atoms with E-state index in [0.29, 0.717) is 18.4 Å². The SMILES string of the molecule is C=CCCCCOC(=O)[C@@H]1[C@@H]2CC(C)C3(S2)C(C(=O)N(CC=C)Cn2nnc4ccccc42)N([C@H](CO)c2ccccc2)C(=O)[C@H]13. The number of rotatable bonds is 14. The van der Waals surface area contributed by atoms with Crippen molar-refractivity contribution >= 4 is 40.6 Å². The summed E-state index contributed by atoms with van der Waals surface area (Å²) in [5.74, 6) is -2.41. The highest BCUT2D eigenvalue weighted by Crippen LogP contribution is 2.69.